The maximum atomic E-state index is 11.6. The van der Waals surface area contributed by atoms with Gasteiger partial charge >= 0.3 is 0 Å². The van der Waals surface area contributed by atoms with E-state index >= 15 is 0 Å². The minimum Gasteiger partial charge on any atom is -0.392 e. The zero-order valence-corrected chi connectivity index (χ0v) is 11.6. The second-order valence-corrected chi connectivity index (χ2v) is 7.25. The number of nitrogens with zero attached hydrogens (tertiary/aromatic N) is 1. The van der Waals surface area contributed by atoms with Crippen molar-refractivity contribution < 1.29 is 8.42 Å². The highest BCUT2D eigenvalue weighted by Gasteiger charge is 2.19. The van der Waals surface area contributed by atoms with Crippen molar-refractivity contribution >= 4 is 43.7 Å². The van der Waals surface area contributed by atoms with E-state index in [0.29, 0.717) is 5.13 Å². The number of rotatable bonds is 4. The lowest BCUT2D eigenvalue weighted by Crippen LogP contribution is -2.26. The van der Waals surface area contributed by atoms with Gasteiger partial charge in [0.1, 0.15) is 5.75 Å². The second-order valence-electron chi connectivity index (χ2n) is 3.92. The van der Waals surface area contributed by atoms with E-state index in [4.69, 9.17) is 5.73 Å². The van der Waals surface area contributed by atoms with Crippen molar-refractivity contribution in [3.05, 3.63) is 10.6 Å². The summed E-state index contributed by atoms with van der Waals surface area (Å²) in [7, 11) is -3.50. The Kier molecular flexibility index (Phi) is 3.64. The van der Waals surface area contributed by atoms with Crippen LogP contribution in [0.1, 0.15) is 23.4 Å². The standard InChI is InChI=1S/C9H13N3O2S3/c10-8(15)5-17(13,14)12-9-11-6-3-1-2-4-7(6)16-9/h1-5H2,(H2,10,15)(H,11,12). The summed E-state index contributed by atoms with van der Waals surface area (Å²) in [5.41, 5.74) is 6.25. The van der Waals surface area contributed by atoms with Gasteiger partial charge in [-0.05, 0) is 25.7 Å². The molecule has 0 unspecified atom stereocenters. The Morgan fingerprint density at radius 1 is 1.47 bits per heavy atom. The van der Waals surface area contributed by atoms with E-state index in [0.717, 1.165) is 31.4 Å². The van der Waals surface area contributed by atoms with E-state index in [1.165, 1.54) is 16.2 Å². The molecule has 17 heavy (non-hydrogen) atoms. The van der Waals surface area contributed by atoms with E-state index in [9.17, 15) is 8.42 Å². The lowest BCUT2D eigenvalue weighted by atomic mass is 10.0. The zero-order valence-electron chi connectivity index (χ0n) is 9.10. The molecule has 0 atom stereocenters. The summed E-state index contributed by atoms with van der Waals surface area (Å²) in [6.07, 6.45) is 4.19. The molecule has 0 amide bonds. The first-order valence-corrected chi connectivity index (χ1v) is 8.11. The van der Waals surface area contributed by atoms with Gasteiger partial charge in [-0.25, -0.2) is 13.4 Å². The van der Waals surface area contributed by atoms with Gasteiger partial charge in [0, 0.05) is 4.88 Å². The summed E-state index contributed by atoms with van der Waals surface area (Å²) >= 11 is 5.99. The van der Waals surface area contributed by atoms with Crippen molar-refractivity contribution in [1.82, 2.24) is 4.98 Å². The van der Waals surface area contributed by atoms with Gasteiger partial charge in [-0.3, -0.25) is 4.72 Å². The van der Waals surface area contributed by atoms with Crippen LogP contribution in [0.5, 0.6) is 0 Å². The summed E-state index contributed by atoms with van der Waals surface area (Å²) in [5, 5.41) is 0.424. The molecule has 0 bridgehead atoms. The average Bonchev–Trinajstić information content (AvgIpc) is 2.55. The van der Waals surface area contributed by atoms with Gasteiger partial charge in [0.25, 0.3) is 0 Å². The highest BCUT2D eigenvalue weighted by molar-refractivity contribution is 7.95. The molecule has 5 nitrogen and oxygen atoms in total. The van der Waals surface area contributed by atoms with E-state index in [2.05, 4.69) is 21.9 Å². The SMILES string of the molecule is NC(=S)CS(=O)(=O)Nc1nc2c(s1)CCCC2. The molecule has 1 aliphatic carbocycles. The van der Waals surface area contributed by atoms with Gasteiger partial charge in [0.05, 0.1) is 10.7 Å². The Labute approximate surface area is 109 Å². The van der Waals surface area contributed by atoms with Gasteiger partial charge < -0.3 is 5.73 Å². The fourth-order valence-electron chi connectivity index (χ4n) is 1.75. The Bertz CT molecular complexity index is 512. The van der Waals surface area contributed by atoms with E-state index < -0.39 is 10.0 Å². The summed E-state index contributed by atoms with van der Waals surface area (Å²) in [6, 6.07) is 0. The van der Waals surface area contributed by atoms with Crippen molar-refractivity contribution in [3.8, 4) is 0 Å². The zero-order chi connectivity index (χ0) is 12.5. The number of hydrogen-bond acceptors (Lipinski definition) is 5. The minimum absolute atomic E-state index is 0.0428. The summed E-state index contributed by atoms with van der Waals surface area (Å²) in [5.74, 6) is -0.341. The van der Waals surface area contributed by atoms with Gasteiger partial charge in [-0.1, -0.05) is 12.2 Å². The van der Waals surface area contributed by atoms with Crippen LogP contribution in [-0.4, -0.2) is 24.1 Å². The number of sulfonamides is 1. The first-order chi connectivity index (χ1) is 7.96. The average molecular weight is 291 g/mol. The van der Waals surface area contributed by atoms with Crippen molar-refractivity contribution in [3.63, 3.8) is 0 Å². The number of fused-ring (bicyclic) bond motifs is 1. The third kappa shape index (κ3) is 3.36. The molecule has 94 valence electrons. The van der Waals surface area contributed by atoms with Gasteiger partial charge in [0.2, 0.25) is 10.0 Å². The molecule has 0 aromatic carbocycles. The molecule has 1 aromatic rings. The molecule has 3 N–H and O–H groups in total. The van der Waals surface area contributed by atoms with Crippen LogP contribution in [0, 0.1) is 0 Å². The van der Waals surface area contributed by atoms with E-state index in [1.54, 1.807) is 0 Å². The lowest BCUT2D eigenvalue weighted by Gasteiger charge is -2.06. The quantitative estimate of drug-likeness (QED) is 0.810. The smallest absolute Gasteiger partial charge is 0.241 e. The molecular weight excluding hydrogens is 278 g/mol. The molecule has 0 saturated heterocycles. The number of aryl methyl sites for hydroxylation is 2. The van der Waals surface area contributed by atoms with Crippen LogP contribution in [0.2, 0.25) is 0 Å². The second kappa shape index (κ2) is 4.87. The minimum atomic E-state index is -3.50. The van der Waals surface area contributed by atoms with Crippen LogP contribution in [0.25, 0.3) is 0 Å². The van der Waals surface area contributed by atoms with Gasteiger partial charge in [0.15, 0.2) is 5.13 Å². The number of anilines is 1. The highest BCUT2D eigenvalue weighted by atomic mass is 32.2. The van der Waals surface area contributed by atoms with Crippen molar-refractivity contribution in [2.45, 2.75) is 25.7 Å². The van der Waals surface area contributed by atoms with Gasteiger partial charge in [-0.2, -0.15) is 0 Å². The molecule has 2 rings (SSSR count). The molecule has 0 radical (unpaired) electrons. The normalized spacial score (nSPS) is 15.3. The van der Waals surface area contributed by atoms with E-state index in [1.807, 2.05) is 0 Å². The maximum absolute atomic E-state index is 11.6. The Morgan fingerprint density at radius 2 is 2.18 bits per heavy atom. The fourth-order valence-corrected chi connectivity index (χ4v) is 4.42. The Balaban J connectivity index is 2.13. The molecular formula is C9H13N3O2S3. The molecule has 1 aromatic heterocycles. The van der Waals surface area contributed by atoms with Crippen molar-refractivity contribution in [2.24, 2.45) is 5.73 Å². The largest absolute Gasteiger partial charge is 0.392 e. The van der Waals surface area contributed by atoms with Crippen LogP contribution >= 0.6 is 23.6 Å². The topological polar surface area (TPSA) is 85.1 Å². The predicted molar refractivity (Wildman–Crippen MR) is 73.0 cm³/mol. The number of nitrogens with two attached hydrogens (primary N) is 1. The number of thiocarbonyl (C=S) groups is 1. The number of nitrogens with one attached hydrogen (secondary N) is 1. The number of aromatic nitrogens is 1. The third-order valence-corrected chi connectivity index (χ3v) is 5.15. The Morgan fingerprint density at radius 3 is 2.82 bits per heavy atom. The maximum Gasteiger partial charge on any atom is 0.241 e. The Hall–Kier alpha value is -0.730. The van der Waals surface area contributed by atoms with Crippen LogP contribution in [0.3, 0.4) is 0 Å². The first-order valence-electron chi connectivity index (χ1n) is 5.24. The molecule has 1 aliphatic rings. The van der Waals surface area contributed by atoms with Crippen LogP contribution in [-0.2, 0) is 22.9 Å². The molecule has 0 spiro atoms. The number of thiazole rings is 1. The predicted octanol–water partition coefficient (Wildman–Crippen LogP) is 1.05. The monoisotopic (exact) mass is 291 g/mol. The van der Waals surface area contributed by atoms with Crippen LogP contribution < -0.4 is 10.5 Å². The van der Waals surface area contributed by atoms with Crippen LogP contribution in [0.15, 0.2) is 0 Å². The third-order valence-electron chi connectivity index (χ3n) is 2.42. The summed E-state index contributed by atoms with van der Waals surface area (Å²) in [6.45, 7) is 0. The first kappa shape index (κ1) is 12.7. The fraction of sp³-hybridized carbons (Fsp3) is 0.556. The van der Waals surface area contributed by atoms with Gasteiger partial charge in [-0.15, -0.1) is 11.3 Å². The highest BCUT2D eigenvalue weighted by Crippen LogP contribution is 2.29. The van der Waals surface area contributed by atoms with E-state index in [-0.39, 0.29) is 10.7 Å². The van der Waals surface area contributed by atoms with Crippen LogP contribution in [0.4, 0.5) is 5.13 Å². The van der Waals surface area contributed by atoms with Crippen molar-refractivity contribution in [1.29, 1.82) is 0 Å². The molecule has 1 heterocycles. The molecule has 0 saturated carbocycles. The molecule has 8 heteroatoms. The summed E-state index contributed by atoms with van der Waals surface area (Å²) in [4.78, 5) is 5.43. The van der Waals surface area contributed by atoms with Crippen molar-refractivity contribution in [2.75, 3.05) is 10.5 Å². The molecule has 0 aliphatic heterocycles. The number of hydrogen-bond donors (Lipinski definition) is 2. The lowest BCUT2D eigenvalue weighted by molar-refractivity contribution is 0.605. The summed E-state index contributed by atoms with van der Waals surface area (Å²) < 4.78 is 25.6. The molecule has 0 fully saturated rings.